The number of anilines is 1. The second-order valence-corrected chi connectivity index (χ2v) is 4.38. The molecule has 4 nitrogen and oxygen atoms in total. The second kappa shape index (κ2) is 6.26. The van der Waals surface area contributed by atoms with Crippen LogP contribution in [-0.2, 0) is 0 Å². The zero-order valence-electron chi connectivity index (χ0n) is 12.1. The van der Waals surface area contributed by atoms with Gasteiger partial charge in [0.1, 0.15) is 5.82 Å². The van der Waals surface area contributed by atoms with Crippen molar-refractivity contribution in [1.82, 2.24) is 0 Å². The number of rotatable bonds is 4. The summed E-state index contributed by atoms with van der Waals surface area (Å²) in [5, 5.41) is 0. The Labute approximate surface area is 122 Å². The molecule has 2 rings (SSSR count). The van der Waals surface area contributed by atoms with E-state index in [1.165, 1.54) is 31.3 Å². The fourth-order valence-electron chi connectivity index (χ4n) is 1.97. The molecular formula is C16H16FNO3. The van der Waals surface area contributed by atoms with Crippen molar-refractivity contribution >= 4 is 11.6 Å². The summed E-state index contributed by atoms with van der Waals surface area (Å²) < 4.78 is 24.0. The highest BCUT2D eigenvalue weighted by atomic mass is 19.1. The molecule has 0 aliphatic carbocycles. The Bertz CT molecular complexity index is 658. The molecule has 0 atom stereocenters. The molecule has 2 aromatic rings. The number of carbonyl (C=O) groups excluding carboxylic acids is 1. The zero-order valence-corrected chi connectivity index (χ0v) is 12.1. The maximum atomic E-state index is 13.7. The van der Waals surface area contributed by atoms with Crippen LogP contribution in [0.5, 0.6) is 11.5 Å². The lowest BCUT2D eigenvalue weighted by molar-refractivity contribution is 0.0989. The largest absolute Gasteiger partial charge is 0.493 e. The molecule has 0 radical (unpaired) electrons. The summed E-state index contributed by atoms with van der Waals surface area (Å²) >= 11 is 0. The smallest absolute Gasteiger partial charge is 0.260 e. The van der Waals surface area contributed by atoms with Crippen LogP contribution in [0.3, 0.4) is 0 Å². The van der Waals surface area contributed by atoms with Gasteiger partial charge in [-0.15, -0.1) is 0 Å². The quantitative estimate of drug-likeness (QED) is 0.868. The van der Waals surface area contributed by atoms with Crippen LogP contribution >= 0.6 is 0 Å². The molecule has 0 N–H and O–H groups in total. The Morgan fingerprint density at radius 1 is 1.05 bits per heavy atom. The molecule has 0 unspecified atom stereocenters. The topological polar surface area (TPSA) is 38.8 Å². The Balaban J connectivity index is 2.34. The predicted octanol–water partition coefficient (Wildman–Crippen LogP) is 3.12. The van der Waals surface area contributed by atoms with E-state index in [4.69, 9.17) is 9.47 Å². The van der Waals surface area contributed by atoms with Gasteiger partial charge in [-0.05, 0) is 24.3 Å². The number of nitrogens with zero attached hydrogens (tertiary/aromatic N) is 1. The Hall–Kier alpha value is -2.56. The summed E-state index contributed by atoms with van der Waals surface area (Å²) in [6, 6.07) is 10.9. The van der Waals surface area contributed by atoms with Crippen molar-refractivity contribution in [2.24, 2.45) is 0 Å². The minimum absolute atomic E-state index is 0.0229. The monoisotopic (exact) mass is 289 g/mol. The van der Waals surface area contributed by atoms with Crippen LogP contribution in [0.15, 0.2) is 42.5 Å². The fourth-order valence-corrected chi connectivity index (χ4v) is 1.97. The van der Waals surface area contributed by atoms with Crippen molar-refractivity contribution in [3.63, 3.8) is 0 Å². The lowest BCUT2D eigenvalue weighted by atomic mass is 10.1. The number of amides is 1. The first-order valence-electron chi connectivity index (χ1n) is 6.33. The van der Waals surface area contributed by atoms with Crippen LogP contribution < -0.4 is 14.4 Å². The first kappa shape index (κ1) is 14.8. The molecule has 5 heteroatoms. The van der Waals surface area contributed by atoms with Crippen molar-refractivity contribution in [3.8, 4) is 11.5 Å². The summed E-state index contributed by atoms with van der Waals surface area (Å²) in [5.74, 6) is 0.0892. The number of methoxy groups -OCH3 is 2. The van der Waals surface area contributed by atoms with Gasteiger partial charge in [-0.1, -0.05) is 12.1 Å². The molecule has 110 valence electrons. The summed E-state index contributed by atoms with van der Waals surface area (Å²) in [6.45, 7) is 0. The first-order chi connectivity index (χ1) is 10.1. The maximum absolute atomic E-state index is 13.7. The molecule has 2 aromatic carbocycles. The van der Waals surface area contributed by atoms with E-state index in [9.17, 15) is 9.18 Å². The molecule has 0 saturated heterocycles. The number of benzene rings is 2. The van der Waals surface area contributed by atoms with E-state index in [-0.39, 0.29) is 5.56 Å². The maximum Gasteiger partial charge on any atom is 0.260 e. The number of hydrogen-bond acceptors (Lipinski definition) is 3. The summed E-state index contributed by atoms with van der Waals surface area (Å²) in [7, 11) is 4.63. The van der Waals surface area contributed by atoms with Crippen LogP contribution in [0.25, 0.3) is 0 Å². The van der Waals surface area contributed by atoms with E-state index in [0.29, 0.717) is 17.2 Å². The van der Waals surface area contributed by atoms with Gasteiger partial charge in [0.05, 0.1) is 19.8 Å². The van der Waals surface area contributed by atoms with Crippen LogP contribution in [0.1, 0.15) is 10.4 Å². The van der Waals surface area contributed by atoms with E-state index in [1.54, 1.807) is 37.4 Å². The SMILES string of the molecule is COc1ccc(N(C)C(=O)c2ccccc2F)cc1OC. The third kappa shape index (κ3) is 2.97. The fraction of sp³-hybridized carbons (Fsp3) is 0.188. The van der Waals surface area contributed by atoms with Gasteiger partial charge >= 0.3 is 0 Å². The highest BCUT2D eigenvalue weighted by Gasteiger charge is 2.18. The average molecular weight is 289 g/mol. The van der Waals surface area contributed by atoms with Gasteiger partial charge < -0.3 is 14.4 Å². The molecule has 0 aliphatic heterocycles. The molecule has 0 spiro atoms. The molecule has 0 fully saturated rings. The predicted molar refractivity (Wildman–Crippen MR) is 78.7 cm³/mol. The van der Waals surface area contributed by atoms with Gasteiger partial charge in [0.15, 0.2) is 11.5 Å². The van der Waals surface area contributed by atoms with Gasteiger partial charge in [-0.25, -0.2) is 4.39 Å². The number of carbonyl (C=O) groups is 1. The minimum Gasteiger partial charge on any atom is -0.493 e. The molecule has 21 heavy (non-hydrogen) atoms. The lowest BCUT2D eigenvalue weighted by Crippen LogP contribution is -2.27. The van der Waals surface area contributed by atoms with Crippen LogP contribution in [-0.4, -0.2) is 27.2 Å². The Morgan fingerprint density at radius 3 is 2.33 bits per heavy atom. The molecule has 1 amide bonds. The third-order valence-electron chi connectivity index (χ3n) is 3.16. The molecule has 0 aromatic heterocycles. The zero-order chi connectivity index (χ0) is 15.4. The average Bonchev–Trinajstić information content (AvgIpc) is 2.53. The molecule has 0 saturated carbocycles. The van der Waals surface area contributed by atoms with Crippen molar-refractivity contribution in [3.05, 3.63) is 53.8 Å². The van der Waals surface area contributed by atoms with E-state index < -0.39 is 11.7 Å². The van der Waals surface area contributed by atoms with Crippen LogP contribution in [0.2, 0.25) is 0 Å². The Morgan fingerprint density at radius 2 is 1.71 bits per heavy atom. The first-order valence-corrected chi connectivity index (χ1v) is 6.33. The van der Waals surface area contributed by atoms with Crippen molar-refractivity contribution in [2.45, 2.75) is 0 Å². The van der Waals surface area contributed by atoms with E-state index in [1.807, 2.05) is 0 Å². The highest BCUT2D eigenvalue weighted by molar-refractivity contribution is 6.06. The third-order valence-corrected chi connectivity index (χ3v) is 3.16. The van der Waals surface area contributed by atoms with Gasteiger partial charge in [0.25, 0.3) is 5.91 Å². The highest BCUT2D eigenvalue weighted by Crippen LogP contribution is 2.31. The second-order valence-electron chi connectivity index (χ2n) is 4.38. The summed E-state index contributed by atoms with van der Waals surface area (Å²) in [4.78, 5) is 13.7. The van der Waals surface area contributed by atoms with Crippen LogP contribution in [0, 0.1) is 5.82 Å². The van der Waals surface area contributed by atoms with Gasteiger partial charge in [0.2, 0.25) is 0 Å². The van der Waals surface area contributed by atoms with Crippen molar-refractivity contribution < 1.29 is 18.7 Å². The Kier molecular flexibility index (Phi) is 4.42. The number of ether oxygens (including phenoxy) is 2. The molecular weight excluding hydrogens is 273 g/mol. The van der Waals surface area contributed by atoms with Crippen LogP contribution in [0.4, 0.5) is 10.1 Å². The minimum atomic E-state index is -0.546. The normalized spacial score (nSPS) is 10.1. The van der Waals surface area contributed by atoms with Gasteiger partial charge in [-0.2, -0.15) is 0 Å². The lowest BCUT2D eigenvalue weighted by Gasteiger charge is -2.19. The summed E-state index contributed by atoms with van der Waals surface area (Å²) in [5.41, 5.74) is 0.607. The number of halogens is 1. The standard InChI is InChI=1S/C16H16FNO3/c1-18(16(19)12-6-4-5-7-13(12)17)11-8-9-14(20-2)15(10-11)21-3/h4-10H,1-3H3. The van der Waals surface area contributed by atoms with Crippen molar-refractivity contribution in [1.29, 1.82) is 0 Å². The van der Waals surface area contributed by atoms with E-state index in [2.05, 4.69) is 0 Å². The summed E-state index contributed by atoms with van der Waals surface area (Å²) in [6.07, 6.45) is 0. The van der Waals surface area contributed by atoms with E-state index in [0.717, 1.165) is 0 Å². The molecule has 0 bridgehead atoms. The molecule has 0 aliphatic rings. The molecule has 0 heterocycles. The van der Waals surface area contributed by atoms with Gasteiger partial charge in [0, 0.05) is 18.8 Å². The number of hydrogen-bond donors (Lipinski definition) is 0. The van der Waals surface area contributed by atoms with Gasteiger partial charge in [-0.3, -0.25) is 4.79 Å². The van der Waals surface area contributed by atoms with E-state index >= 15 is 0 Å². The van der Waals surface area contributed by atoms with Crippen molar-refractivity contribution in [2.75, 3.05) is 26.2 Å².